The van der Waals surface area contributed by atoms with Crippen molar-refractivity contribution in [1.29, 1.82) is 0 Å². The summed E-state index contributed by atoms with van der Waals surface area (Å²) in [6.07, 6.45) is 0.886. The molecule has 0 bridgehead atoms. The van der Waals surface area contributed by atoms with Crippen LogP contribution in [0.15, 0.2) is 64.2 Å². The zero-order valence-electron chi connectivity index (χ0n) is 13.4. The molecule has 0 unspecified atom stereocenters. The summed E-state index contributed by atoms with van der Waals surface area (Å²) in [5, 5.41) is 0.569. The van der Waals surface area contributed by atoms with E-state index in [1.807, 2.05) is 36.4 Å². The molecule has 0 saturated heterocycles. The molecule has 0 fully saturated rings. The van der Waals surface area contributed by atoms with Crippen molar-refractivity contribution >= 4 is 10.9 Å². The Bertz CT molecular complexity index is 937. The van der Waals surface area contributed by atoms with Gasteiger partial charge in [0.25, 0.3) is 5.56 Å². The monoisotopic (exact) mass is 308 g/mol. The first-order chi connectivity index (χ1) is 11.1. The molecule has 23 heavy (non-hydrogen) atoms. The normalized spacial score (nSPS) is 11.3. The van der Waals surface area contributed by atoms with Gasteiger partial charge < -0.3 is 0 Å². The Labute approximate surface area is 134 Å². The maximum Gasteiger partial charge on any atom is 0.336 e. The van der Waals surface area contributed by atoms with E-state index in [0.29, 0.717) is 29.1 Å². The van der Waals surface area contributed by atoms with E-state index in [9.17, 15) is 9.59 Å². The molecule has 0 amide bonds. The van der Waals surface area contributed by atoms with Gasteiger partial charge in [-0.05, 0) is 36.6 Å². The number of nitrogens with zero attached hydrogens (tertiary/aromatic N) is 2. The first-order valence-electron chi connectivity index (χ1n) is 7.89. The van der Waals surface area contributed by atoms with Gasteiger partial charge in [0.05, 0.1) is 16.6 Å². The van der Waals surface area contributed by atoms with Gasteiger partial charge in [-0.1, -0.05) is 44.2 Å². The van der Waals surface area contributed by atoms with Gasteiger partial charge in [0.15, 0.2) is 0 Å². The smallest absolute Gasteiger partial charge is 0.293 e. The fourth-order valence-corrected chi connectivity index (χ4v) is 2.73. The van der Waals surface area contributed by atoms with Crippen LogP contribution in [-0.2, 0) is 6.54 Å². The number of hydrogen-bond donors (Lipinski definition) is 0. The van der Waals surface area contributed by atoms with E-state index in [-0.39, 0.29) is 11.2 Å². The van der Waals surface area contributed by atoms with Gasteiger partial charge in [-0.2, -0.15) is 0 Å². The lowest BCUT2D eigenvalue weighted by Crippen LogP contribution is -2.39. The van der Waals surface area contributed by atoms with E-state index in [0.717, 1.165) is 6.42 Å². The fraction of sp³-hybridized carbons (Fsp3) is 0.263. The largest absolute Gasteiger partial charge is 0.336 e. The van der Waals surface area contributed by atoms with E-state index < -0.39 is 0 Å². The lowest BCUT2D eigenvalue weighted by Gasteiger charge is -2.15. The van der Waals surface area contributed by atoms with Crippen molar-refractivity contribution < 1.29 is 0 Å². The third-order valence-corrected chi connectivity index (χ3v) is 3.99. The maximum atomic E-state index is 12.9. The summed E-state index contributed by atoms with van der Waals surface area (Å²) < 4.78 is 2.98. The lowest BCUT2D eigenvalue weighted by atomic mass is 10.1. The van der Waals surface area contributed by atoms with E-state index in [2.05, 4.69) is 13.8 Å². The summed E-state index contributed by atoms with van der Waals surface area (Å²) in [6.45, 7) is 4.85. The standard InChI is InChI=1S/C19H20N2O2/c1-14(2)12-13-20-17-11-7-6-10-16(17)18(22)21(19(20)23)15-8-4-3-5-9-15/h3-11,14H,12-13H2,1-2H3. The molecule has 0 atom stereocenters. The van der Waals surface area contributed by atoms with Crippen molar-refractivity contribution in [2.45, 2.75) is 26.8 Å². The average Bonchev–Trinajstić information content (AvgIpc) is 2.55. The zero-order chi connectivity index (χ0) is 16.4. The van der Waals surface area contributed by atoms with Gasteiger partial charge in [0.2, 0.25) is 0 Å². The highest BCUT2D eigenvalue weighted by molar-refractivity contribution is 5.78. The summed E-state index contributed by atoms with van der Waals surface area (Å²) in [7, 11) is 0. The van der Waals surface area contributed by atoms with Crippen molar-refractivity contribution in [2.75, 3.05) is 0 Å². The first-order valence-corrected chi connectivity index (χ1v) is 7.89. The second kappa shape index (κ2) is 6.24. The van der Waals surface area contributed by atoms with E-state index in [1.54, 1.807) is 22.8 Å². The van der Waals surface area contributed by atoms with Gasteiger partial charge in [0.1, 0.15) is 0 Å². The van der Waals surface area contributed by atoms with E-state index in [4.69, 9.17) is 0 Å². The molecule has 3 rings (SSSR count). The average molecular weight is 308 g/mol. The van der Waals surface area contributed by atoms with Gasteiger partial charge in [-0.3, -0.25) is 9.36 Å². The lowest BCUT2D eigenvalue weighted by molar-refractivity contribution is 0.506. The Morgan fingerprint density at radius 2 is 1.57 bits per heavy atom. The summed E-state index contributed by atoms with van der Waals surface area (Å²) in [4.78, 5) is 25.7. The second-order valence-corrected chi connectivity index (χ2v) is 6.11. The number of aryl methyl sites for hydroxylation is 1. The minimum Gasteiger partial charge on any atom is -0.293 e. The highest BCUT2D eigenvalue weighted by atomic mass is 16.2. The van der Waals surface area contributed by atoms with Crippen LogP contribution in [0.3, 0.4) is 0 Å². The number of rotatable bonds is 4. The SMILES string of the molecule is CC(C)CCn1c(=O)n(-c2ccccc2)c(=O)c2ccccc21. The third kappa shape index (κ3) is 2.84. The fourth-order valence-electron chi connectivity index (χ4n) is 2.73. The van der Waals surface area contributed by atoms with Crippen molar-refractivity contribution in [3.8, 4) is 5.69 Å². The van der Waals surface area contributed by atoms with Gasteiger partial charge in [-0.15, -0.1) is 0 Å². The molecule has 0 saturated carbocycles. The van der Waals surface area contributed by atoms with Gasteiger partial charge >= 0.3 is 5.69 Å². The van der Waals surface area contributed by atoms with Crippen LogP contribution >= 0.6 is 0 Å². The molecule has 0 N–H and O–H groups in total. The van der Waals surface area contributed by atoms with E-state index >= 15 is 0 Å². The number of aromatic nitrogens is 2. The summed E-state index contributed by atoms with van der Waals surface area (Å²) in [5.41, 5.74) is 0.764. The van der Waals surface area contributed by atoms with Crippen LogP contribution in [0.25, 0.3) is 16.6 Å². The molecule has 0 aliphatic rings. The summed E-state index contributed by atoms with van der Waals surface area (Å²) in [5.74, 6) is 0.484. The van der Waals surface area contributed by atoms with Crippen LogP contribution in [0, 0.1) is 5.92 Å². The maximum absolute atomic E-state index is 12.9. The highest BCUT2D eigenvalue weighted by Gasteiger charge is 2.14. The van der Waals surface area contributed by atoms with Crippen molar-refractivity contribution in [1.82, 2.24) is 9.13 Å². The van der Waals surface area contributed by atoms with Crippen LogP contribution in [0.5, 0.6) is 0 Å². The molecule has 4 nitrogen and oxygen atoms in total. The topological polar surface area (TPSA) is 44.0 Å². The first kappa shape index (κ1) is 15.3. The van der Waals surface area contributed by atoms with Crippen molar-refractivity contribution in [3.63, 3.8) is 0 Å². The molecule has 3 aromatic rings. The molecule has 0 aliphatic carbocycles. The van der Waals surface area contributed by atoms with Crippen LogP contribution in [0.4, 0.5) is 0 Å². The number of fused-ring (bicyclic) bond motifs is 1. The van der Waals surface area contributed by atoms with Crippen LogP contribution in [0.1, 0.15) is 20.3 Å². The number of hydrogen-bond acceptors (Lipinski definition) is 2. The van der Waals surface area contributed by atoms with E-state index in [1.165, 1.54) is 4.57 Å². The predicted molar refractivity (Wildman–Crippen MR) is 93.3 cm³/mol. The van der Waals surface area contributed by atoms with Crippen molar-refractivity contribution in [3.05, 3.63) is 75.4 Å². The zero-order valence-corrected chi connectivity index (χ0v) is 13.4. The quantitative estimate of drug-likeness (QED) is 0.743. The molecule has 2 aromatic carbocycles. The molecule has 1 aromatic heterocycles. The molecular weight excluding hydrogens is 288 g/mol. The molecule has 0 radical (unpaired) electrons. The minimum absolute atomic E-state index is 0.266. The Balaban J connectivity index is 2.33. The van der Waals surface area contributed by atoms with Crippen LogP contribution in [-0.4, -0.2) is 9.13 Å². The summed E-state index contributed by atoms with van der Waals surface area (Å²) in [6, 6.07) is 16.4. The Kier molecular flexibility index (Phi) is 4.15. The predicted octanol–water partition coefficient (Wildman–Crippen LogP) is 3.20. The van der Waals surface area contributed by atoms with Gasteiger partial charge in [0, 0.05) is 6.54 Å². The van der Waals surface area contributed by atoms with Gasteiger partial charge in [-0.25, -0.2) is 9.36 Å². The van der Waals surface area contributed by atoms with Crippen molar-refractivity contribution in [2.24, 2.45) is 5.92 Å². The number of para-hydroxylation sites is 2. The molecule has 0 spiro atoms. The molecule has 4 heteroatoms. The van der Waals surface area contributed by atoms with Crippen LogP contribution < -0.4 is 11.2 Å². The molecule has 118 valence electrons. The Hall–Kier alpha value is -2.62. The molecular formula is C19H20N2O2. The molecule has 0 aliphatic heterocycles. The molecule has 1 heterocycles. The minimum atomic E-state index is -0.277. The second-order valence-electron chi connectivity index (χ2n) is 6.11. The Morgan fingerprint density at radius 3 is 2.26 bits per heavy atom. The Morgan fingerprint density at radius 1 is 0.913 bits per heavy atom. The summed E-state index contributed by atoms with van der Waals surface area (Å²) >= 11 is 0. The highest BCUT2D eigenvalue weighted by Crippen LogP contribution is 2.12. The number of benzene rings is 2. The van der Waals surface area contributed by atoms with Crippen LogP contribution in [0.2, 0.25) is 0 Å². The third-order valence-electron chi connectivity index (χ3n) is 3.99.